The molecule has 3 aromatic rings. The van der Waals surface area contributed by atoms with E-state index in [0.29, 0.717) is 5.65 Å². The molecule has 2 heterocycles. The van der Waals surface area contributed by atoms with Gasteiger partial charge in [-0.15, -0.1) is 0 Å². The van der Waals surface area contributed by atoms with Crippen molar-refractivity contribution in [1.29, 1.82) is 0 Å². The summed E-state index contributed by atoms with van der Waals surface area (Å²) < 4.78 is 1.52. The maximum atomic E-state index is 12.2. The number of aryl methyl sites for hydroxylation is 2. The molecule has 0 radical (unpaired) electrons. The topological polar surface area (TPSA) is 50.2 Å². The predicted molar refractivity (Wildman–Crippen MR) is 84.8 cm³/mol. The molecule has 4 heteroatoms. The van der Waals surface area contributed by atoms with Crippen LogP contribution in [0, 0.1) is 13.8 Å². The molecule has 0 saturated carbocycles. The van der Waals surface area contributed by atoms with Crippen LogP contribution >= 0.6 is 0 Å². The average molecular weight is 281 g/mol. The zero-order valence-electron chi connectivity index (χ0n) is 12.8. The van der Waals surface area contributed by atoms with E-state index in [-0.39, 0.29) is 11.5 Å². The number of nitrogens with zero attached hydrogens (tertiary/aromatic N) is 2. The third kappa shape index (κ3) is 2.27. The molecule has 21 heavy (non-hydrogen) atoms. The molecule has 0 atom stereocenters. The fourth-order valence-electron chi connectivity index (χ4n) is 2.53. The normalized spacial score (nSPS) is 11.5. The van der Waals surface area contributed by atoms with Crippen molar-refractivity contribution in [3.63, 3.8) is 0 Å². The van der Waals surface area contributed by atoms with Crippen LogP contribution < -0.4 is 5.56 Å². The van der Waals surface area contributed by atoms with Crippen LogP contribution in [0.3, 0.4) is 0 Å². The minimum absolute atomic E-state index is 0.0647. The van der Waals surface area contributed by atoms with E-state index >= 15 is 0 Å². The van der Waals surface area contributed by atoms with Crippen LogP contribution in [0.2, 0.25) is 0 Å². The first-order valence-corrected chi connectivity index (χ1v) is 7.16. The van der Waals surface area contributed by atoms with Crippen LogP contribution in [0.15, 0.2) is 35.1 Å². The summed E-state index contributed by atoms with van der Waals surface area (Å²) in [7, 11) is 0. The molecule has 0 aliphatic carbocycles. The van der Waals surface area contributed by atoms with Gasteiger partial charge in [-0.05, 0) is 25.3 Å². The molecule has 108 valence electrons. The van der Waals surface area contributed by atoms with Crippen molar-refractivity contribution in [3.8, 4) is 11.1 Å². The second-order valence-corrected chi connectivity index (χ2v) is 5.81. The van der Waals surface area contributed by atoms with Gasteiger partial charge in [-0.3, -0.25) is 9.89 Å². The van der Waals surface area contributed by atoms with Crippen LogP contribution in [0.4, 0.5) is 0 Å². The van der Waals surface area contributed by atoms with Gasteiger partial charge in [0.2, 0.25) is 0 Å². The summed E-state index contributed by atoms with van der Waals surface area (Å²) in [4.78, 5) is 16.9. The molecule has 0 saturated heterocycles. The number of H-pyrrole nitrogens is 1. The highest BCUT2D eigenvalue weighted by atomic mass is 16.1. The van der Waals surface area contributed by atoms with E-state index in [0.717, 1.165) is 22.5 Å². The fourth-order valence-corrected chi connectivity index (χ4v) is 2.53. The summed E-state index contributed by atoms with van der Waals surface area (Å²) in [6.45, 7) is 8.12. The van der Waals surface area contributed by atoms with Crippen LogP contribution in [-0.4, -0.2) is 14.6 Å². The number of aromatic amines is 1. The summed E-state index contributed by atoms with van der Waals surface area (Å²) in [5, 5.41) is 3.12. The minimum Gasteiger partial charge on any atom is -0.293 e. The second kappa shape index (κ2) is 4.88. The van der Waals surface area contributed by atoms with Crippen LogP contribution in [-0.2, 0) is 0 Å². The van der Waals surface area contributed by atoms with Crippen molar-refractivity contribution in [1.82, 2.24) is 14.6 Å². The number of aromatic nitrogens is 3. The van der Waals surface area contributed by atoms with Gasteiger partial charge in [-0.1, -0.05) is 43.7 Å². The maximum absolute atomic E-state index is 12.2. The lowest BCUT2D eigenvalue weighted by Gasteiger charge is -2.05. The molecule has 0 spiro atoms. The number of fused-ring (bicyclic) bond motifs is 1. The summed E-state index contributed by atoms with van der Waals surface area (Å²) in [6, 6.07) is 9.89. The van der Waals surface area contributed by atoms with Gasteiger partial charge in [-0.2, -0.15) is 0 Å². The molecule has 0 bridgehead atoms. The molecule has 2 aromatic heterocycles. The highest BCUT2D eigenvalue weighted by molar-refractivity contribution is 5.79. The largest absolute Gasteiger partial charge is 0.293 e. The first-order chi connectivity index (χ1) is 9.97. The number of rotatable bonds is 2. The van der Waals surface area contributed by atoms with Crippen molar-refractivity contribution in [2.24, 2.45) is 0 Å². The van der Waals surface area contributed by atoms with Crippen molar-refractivity contribution >= 4 is 5.65 Å². The van der Waals surface area contributed by atoms with Gasteiger partial charge in [0.05, 0.1) is 5.69 Å². The zero-order valence-corrected chi connectivity index (χ0v) is 12.8. The van der Waals surface area contributed by atoms with E-state index in [4.69, 9.17) is 0 Å². The Labute approximate surface area is 123 Å². The number of nitrogens with one attached hydrogen (secondary N) is 1. The lowest BCUT2D eigenvalue weighted by atomic mass is 10.0. The van der Waals surface area contributed by atoms with Gasteiger partial charge in [0, 0.05) is 17.3 Å². The smallest absolute Gasteiger partial charge is 0.272 e. The SMILES string of the molecule is Cc1ccc(-c2c(C)[nH]n3c(=O)cc(C(C)C)nc23)cc1. The summed E-state index contributed by atoms with van der Waals surface area (Å²) in [5.74, 6) is 0.226. The van der Waals surface area contributed by atoms with Crippen molar-refractivity contribution in [2.45, 2.75) is 33.6 Å². The molecule has 0 aliphatic heterocycles. The fraction of sp³-hybridized carbons (Fsp3) is 0.294. The van der Waals surface area contributed by atoms with E-state index in [1.54, 1.807) is 6.07 Å². The van der Waals surface area contributed by atoms with Gasteiger partial charge in [0.25, 0.3) is 5.56 Å². The quantitative estimate of drug-likeness (QED) is 0.782. The Bertz CT molecular complexity index is 854. The first kappa shape index (κ1) is 13.6. The van der Waals surface area contributed by atoms with Gasteiger partial charge < -0.3 is 0 Å². The van der Waals surface area contributed by atoms with E-state index in [2.05, 4.69) is 41.3 Å². The van der Waals surface area contributed by atoms with Crippen LogP contribution in [0.1, 0.15) is 36.7 Å². The van der Waals surface area contributed by atoms with E-state index in [1.807, 2.05) is 20.8 Å². The molecule has 4 nitrogen and oxygen atoms in total. The highest BCUT2D eigenvalue weighted by Gasteiger charge is 2.15. The maximum Gasteiger partial charge on any atom is 0.272 e. The third-order valence-electron chi connectivity index (χ3n) is 3.75. The molecule has 1 aromatic carbocycles. The van der Waals surface area contributed by atoms with Gasteiger partial charge in [-0.25, -0.2) is 9.50 Å². The Kier molecular flexibility index (Phi) is 3.16. The molecule has 0 aliphatic rings. The Hall–Kier alpha value is -2.36. The summed E-state index contributed by atoms with van der Waals surface area (Å²) >= 11 is 0. The van der Waals surface area contributed by atoms with Crippen molar-refractivity contribution in [3.05, 3.63) is 57.6 Å². The average Bonchev–Trinajstić information content (AvgIpc) is 2.77. The summed E-state index contributed by atoms with van der Waals surface area (Å²) in [6.07, 6.45) is 0. The Morgan fingerprint density at radius 2 is 1.81 bits per heavy atom. The number of hydrogen-bond acceptors (Lipinski definition) is 2. The van der Waals surface area contributed by atoms with Crippen LogP contribution in [0.25, 0.3) is 16.8 Å². The standard InChI is InChI=1S/C17H19N3O/c1-10(2)14-9-15(21)20-17(18-14)16(12(4)19-20)13-7-5-11(3)6-8-13/h5-10,19H,1-4H3. The molecular formula is C17H19N3O. The van der Waals surface area contributed by atoms with Gasteiger partial charge >= 0.3 is 0 Å². The monoisotopic (exact) mass is 281 g/mol. The third-order valence-corrected chi connectivity index (χ3v) is 3.75. The molecular weight excluding hydrogens is 262 g/mol. The Morgan fingerprint density at radius 1 is 1.14 bits per heavy atom. The summed E-state index contributed by atoms with van der Waals surface area (Å²) in [5.41, 5.74) is 5.69. The molecule has 3 rings (SSSR count). The molecule has 0 amide bonds. The number of benzene rings is 1. The van der Waals surface area contributed by atoms with Crippen molar-refractivity contribution in [2.75, 3.05) is 0 Å². The molecule has 0 fully saturated rings. The van der Waals surface area contributed by atoms with E-state index in [1.165, 1.54) is 10.1 Å². The minimum atomic E-state index is -0.0647. The second-order valence-electron chi connectivity index (χ2n) is 5.81. The highest BCUT2D eigenvalue weighted by Crippen LogP contribution is 2.27. The van der Waals surface area contributed by atoms with E-state index < -0.39 is 0 Å². The molecule has 0 unspecified atom stereocenters. The lowest BCUT2D eigenvalue weighted by Crippen LogP contribution is -2.16. The Balaban J connectivity index is 2.34. The van der Waals surface area contributed by atoms with Gasteiger partial charge in [0.1, 0.15) is 0 Å². The van der Waals surface area contributed by atoms with Crippen LogP contribution in [0.5, 0.6) is 0 Å². The zero-order chi connectivity index (χ0) is 15.1. The van der Waals surface area contributed by atoms with Crippen molar-refractivity contribution < 1.29 is 0 Å². The van der Waals surface area contributed by atoms with Gasteiger partial charge in [0.15, 0.2) is 5.65 Å². The first-order valence-electron chi connectivity index (χ1n) is 7.16. The Morgan fingerprint density at radius 3 is 2.43 bits per heavy atom. The molecule has 1 N–H and O–H groups in total. The number of hydrogen-bond donors (Lipinski definition) is 1. The lowest BCUT2D eigenvalue weighted by molar-refractivity contribution is 0.794. The predicted octanol–water partition coefficient (Wildman–Crippen LogP) is 3.43. The van der Waals surface area contributed by atoms with E-state index in [9.17, 15) is 4.79 Å².